The fraction of sp³-hybridized carbons (Fsp3) is 0.818. The lowest BCUT2D eigenvalue weighted by atomic mass is 10.1. The van der Waals surface area contributed by atoms with E-state index in [9.17, 15) is 0 Å². The van der Waals surface area contributed by atoms with Crippen LogP contribution in [0.3, 0.4) is 0 Å². The van der Waals surface area contributed by atoms with Crippen LogP contribution in [0.1, 0.15) is 25.5 Å². The van der Waals surface area contributed by atoms with Crippen molar-refractivity contribution >= 4 is 0 Å². The highest BCUT2D eigenvalue weighted by Gasteiger charge is 2.10. The van der Waals surface area contributed by atoms with Gasteiger partial charge in [0.2, 0.25) is 0 Å². The van der Waals surface area contributed by atoms with Gasteiger partial charge < -0.3 is 10.1 Å². The number of hydrogen-bond donors (Lipinski definition) is 1. The van der Waals surface area contributed by atoms with Crippen molar-refractivity contribution < 1.29 is 4.74 Å². The van der Waals surface area contributed by atoms with Gasteiger partial charge in [-0.3, -0.25) is 4.68 Å². The van der Waals surface area contributed by atoms with Crippen LogP contribution < -0.4 is 5.32 Å². The minimum absolute atomic E-state index is 0.469. The van der Waals surface area contributed by atoms with Crippen LogP contribution in [0.25, 0.3) is 0 Å². The molecule has 0 spiro atoms. The number of rotatable bonds is 8. The van der Waals surface area contributed by atoms with Crippen molar-refractivity contribution in [1.82, 2.24) is 20.3 Å². The van der Waals surface area contributed by atoms with E-state index in [0.29, 0.717) is 6.04 Å². The predicted molar refractivity (Wildman–Crippen MR) is 63.3 cm³/mol. The van der Waals surface area contributed by atoms with E-state index in [1.807, 2.05) is 13.2 Å². The fourth-order valence-corrected chi connectivity index (χ4v) is 1.78. The van der Waals surface area contributed by atoms with Crippen molar-refractivity contribution in [1.29, 1.82) is 0 Å². The topological polar surface area (TPSA) is 52.0 Å². The highest BCUT2D eigenvalue weighted by molar-refractivity contribution is 4.95. The summed E-state index contributed by atoms with van der Waals surface area (Å²) in [6.07, 6.45) is 5.10. The molecule has 0 aliphatic heterocycles. The van der Waals surface area contributed by atoms with Crippen LogP contribution in [0, 0.1) is 0 Å². The van der Waals surface area contributed by atoms with Gasteiger partial charge in [0.25, 0.3) is 0 Å². The molecule has 0 aliphatic rings. The molecule has 1 aromatic rings. The Morgan fingerprint density at radius 1 is 1.56 bits per heavy atom. The Bertz CT molecular complexity index is 287. The molecule has 5 heteroatoms. The van der Waals surface area contributed by atoms with Gasteiger partial charge in [-0.05, 0) is 19.4 Å². The van der Waals surface area contributed by atoms with Gasteiger partial charge in [0.15, 0.2) is 0 Å². The van der Waals surface area contributed by atoms with Gasteiger partial charge in [-0.25, -0.2) is 0 Å². The van der Waals surface area contributed by atoms with Gasteiger partial charge >= 0.3 is 0 Å². The number of hydrogen-bond acceptors (Lipinski definition) is 4. The quantitative estimate of drug-likeness (QED) is 0.665. The summed E-state index contributed by atoms with van der Waals surface area (Å²) in [4.78, 5) is 0. The lowest BCUT2D eigenvalue weighted by Gasteiger charge is -2.16. The number of nitrogens with one attached hydrogen (secondary N) is 1. The van der Waals surface area contributed by atoms with E-state index in [-0.39, 0.29) is 0 Å². The minimum Gasteiger partial charge on any atom is -0.385 e. The van der Waals surface area contributed by atoms with Crippen molar-refractivity contribution in [2.45, 2.75) is 32.2 Å². The number of ether oxygens (including phenoxy) is 1. The highest BCUT2D eigenvalue weighted by atomic mass is 16.5. The summed E-state index contributed by atoms with van der Waals surface area (Å²) in [5.74, 6) is 0. The molecule has 0 saturated carbocycles. The first kappa shape index (κ1) is 13.1. The monoisotopic (exact) mass is 226 g/mol. The number of aryl methyl sites for hydroxylation is 1. The largest absolute Gasteiger partial charge is 0.385 e. The molecule has 1 heterocycles. The molecule has 1 N–H and O–H groups in total. The SMILES string of the molecule is CCNC(CCCOC)Cc1cn(C)nn1. The zero-order valence-electron chi connectivity index (χ0n) is 10.4. The summed E-state index contributed by atoms with van der Waals surface area (Å²) in [7, 11) is 3.63. The normalized spacial score (nSPS) is 12.9. The first-order chi connectivity index (χ1) is 7.76. The third-order valence-electron chi connectivity index (χ3n) is 2.50. The molecule has 1 rings (SSSR count). The van der Waals surface area contributed by atoms with Gasteiger partial charge in [-0.1, -0.05) is 12.1 Å². The van der Waals surface area contributed by atoms with Crippen LogP contribution >= 0.6 is 0 Å². The zero-order valence-corrected chi connectivity index (χ0v) is 10.4. The molecule has 0 bridgehead atoms. The van der Waals surface area contributed by atoms with Crippen molar-refractivity contribution in [3.63, 3.8) is 0 Å². The number of likely N-dealkylation sites (N-methyl/N-ethyl adjacent to an activating group) is 1. The first-order valence-electron chi connectivity index (χ1n) is 5.83. The van der Waals surface area contributed by atoms with Crippen molar-refractivity contribution in [2.24, 2.45) is 7.05 Å². The van der Waals surface area contributed by atoms with Crippen LogP contribution in [-0.4, -0.2) is 41.3 Å². The smallest absolute Gasteiger partial charge is 0.0842 e. The number of methoxy groups -OCH3 is 1. The molecule has 1 unspecified atom stereocenters. The molecule has 0 aromatic carbocycles. The third kappa shape index (κ3) is 4.72. The van der Waals surface area contributed by atoms with E-state index >= 15 is 0 Å². The van der Waals surface area contributed by atoms with Gasteiger partial charge in [0, 0.05) is 39.4 Å². The maximum absolute atomic E-state index is 5.06. The highest BCUT2D eigenvalue weighted by Crippen LogP contribution is 2.05. The van der Waals surface area contributed by atoms with Crippen molar-refractivity contribution in [2.75, 3.05) is 20.3 Å². The van der Waals surface area contributed by atoms with E-state index in [1.54, 1.807) is 11.8 Å². The van der Waals surface area contributed by atoms with E-state index in [2.05, 4.69) is 22.6 Å². The molecule has 16 heavy (non-hydrogen) atoms. The summed E-state index contributed by atoms with van der Waals surface area (Å²) >= 11 is 0. The van der Waals surface area contributed by atoms with Crippen molar-refractivity contribution in [3.8, 4) is 0 Å². The summed E-state index contributed by atoms with van der Waals surface area (Å²) in [5.41, 5.74) is 1.05. The van der Waals surface area contributed by atoms with Crippen molar-refractivity contribution in [3.05, 3.63) is 11.9 Å². The predicted octanol–water partition coefficient (Wildman–Crippen LogP) is 0.762. The zero-order chi connectivity index (χ0) is 11.8. The Labute approximate surface area is 97.2 Å². The summed E-state index contributed by atoms with van der Waals surface area (Å²) in [6.45, 7) is 3.93. The number of nitrogens with zero attached hydrogens (tertiary/aromatic N) is 3. The molecule has 0 aliphatic carbocycles. The lowest BCUT2D eigenvalue weighted by molar-refractivity contribution is 0.188. The first-order valence-corrected chi connectivity index (χ1v) is 5.83. The average Bonchev–Trinajstić information content (AvgIpc) is 2.65. The molecule has 0 saturated heterocycles. The summed E-state index contributed by atoms with van der Waals surface area (Å²) < 4.78 is 6.81. The van der Waals surface area contributed by atoms with Crippen LogP contribution in [0.5, 0.6) is 0 Å². The average molecular weight is 226 g/mol. The molecular formula is C11H22N4O. The molecule has 0 amide bonds. The van der Waals surface area contributed by atoms with E-state index in [1.165, 1.54) is 0 Å². The Morgan fingerprint density at radius 2 is 2.38 bits per heavy atom. The third-order valence-corrected chi connectivity index (χ3v) is 2.50. The molecule has 0 fully saturated rings. The minimum atomic E-state index is 0.469. The second-order valence-electron chi connectivity index (χ2n) is 3.98. The standard InChI is InChI=1S/C11H22N4O/c1-4-12-10(6-5-7-16-3)8-11-9-15(2)14-13-11/h9-10,12H,4-8H2,1-3H3. The molecule has 5 nitrogen and oxygen atoms in total. The Morgan fingerprint density at radius 3 is 2.94 bits per heavy atom. The van der Waals surface area contributed by atoms with Crippen LogP contribution in [0.15, 0.2) is 6.20 Å². The van der Waals surface area contributed by atoms with Gasteiger partial charge in [0.1, 0.15) is 0 Å². The molecule has 92 valence electrons. The second-order valence-corrected chi connectivity index (χ2v) is 3.98. The molecule has 1 aromatic heterocycles. The lowest BCUT2D eigenvalue weighted by Crippen LogP contribution is -2.31. The fourth-order valence-electron chi connectivity index (χ4n) is 1.78. The van der Waals surface area contributed by atoms with E-state index in [4.69, 9.17) is 4.74 Å². The van der Waals surface area contributed by atoms with Crippen LogP contribution in [0.4, 0.5) is 0 Å². The molecular weight excluding hydrogens is 204 g/mol. The van der Waals surface area contributed by atoms with Crippen LogP contribution in [0.2, 0.25) is 0 Å². The molecule has 0 radical (unpaired) electrons. The Kier molecular flexibility index (Phi) is 6.03. The van der Waals surface area contributed by atoms with Gasteiger partial charge in [-0.15, -0.1) is 5.10 Å². The molecule has 1 atom stereocenters. The van der Waals surface area contributed by atoms with Crippen LogP contribution in [-0.2, 0) is 18.2 Å². The number of aromatic nitrogens is 3. The second kappa shape index (κ2) is 7.35. The maximum Gasteiger partial charge on any atom is 0.0842 e. The van der Waals surface area contributed by atoms with E-state index in [0.717, 1.165) is 38.1 Å². The Hall–Kier alpha value is -0.940. The Balaban J connectivity index is 2.37. The summed E-state index contributed by atoms with van der Waals surface area (Å²) in [6, 6.07) is 0.469. The van der Waals surface area contributed by atoms with Gasteiger partial charge in [-0.2, -0.15) is 0 Å². The van der Waals surface area contributed by atoms with Gasteiger partial charge in [0.05, 0.1) is 5.69 Å². The maximum atomic E-state index is 5.06. The van der Waals surface area contributed by atoms with E-state index < -0.39 is 0 Å². The summed E-state index contributed by atoms with van der Waals surface area (Å²) in [5, 5.41) is 11.5.